The van der Waals surface area contributed by atoms with Gasteiger partial charge in [0.15, 0.2) is 35.2 Å². The number of phenolic OH excluding ortho intramolecular Hbond substituents is 2. The lowest BCUT2D eigenvalue weighted by molar-refractivity contribution is -0.176. The standard InChI is InChI=1S/C40H43N3O6/c44-25-7-5-21-13-27-39(46)15-23-24-16-40(47)28-14-22-6-8-26(45)34-30(22)38(40,10-12-43(28)18-20-3-4-20)36(49-34)32(24)41-31(23)35-37(39,29(21)33(25)48-35)9-11-42(27)17-19-1-2-19/h5-8,19-20,27-28,35-36,41,44-47H,1-4,9-18H2/t27-,28-,35+,36?,37+,38+,39-,40?/m1/s1. The lowest BCUT2D eigenvalue weighted by atomic mass is 9.47. The Morgan fingerprint density at radius 1 is 0.673 bits per heavy atom. The number of aromatic nitrogens is 1. The van der Waals surface area contributed by atoms with Crippen molar-refractivity contribution >= 4 is 0 Å². The molecule has 5 heterocycles. The van der Waals surface area contributed by atoms with Crippen molar-refractivity contribution in [2.75, 3.05) is 26.2 Å². The van der Waals surface area contributed by atoms with Crippen LogP contribution in [0.25, 0.3) is 0 Å². The van der Waals surface area contributed by atoms with E-state index >= 15 is 0 Å². The third-order valence-corrected chi connectivity index (χ3v) is 15.7. The molecule has 49 heavy (non-hydrogen) atoms. The Bertz CT molecular complexity index is 1910. The van der Waals surface area contributed by atoms with Gasteiger partial charge in [0.1, 0.15) is 0 Å². The molecule has 10 aliphatic rings. The monoisotopic (exact) mass is 661 g/mol. The highest BCUT2D eigenvalue weighted by Gasteiger charge is 2.76. The molecule has 4 fully saturated rings. The molecule has 9 nitrogen and oxygen atoms in total. The minimum Gasteiger partial charge on any atom is -0.504 e. The number of likely N-dealkylation sites (tertiary alicyclic amines) is 2. The van der Waals surface area contributed by atoms with Gasteiger partial charge in [0, 0.05) is 49.1 Å². The number of fused-ring (bicyclic) bond motifs is 5. The van der Waals surface area contributed by atoms with Crippen molar-refractivity contribution in [1.29, 1.82) is 0 Å². The molecule has 1 aromatic heterocycles. The molecular weight excluding hydrogens is 618 g/mol. The second-order valence-electron chi connectivity index (χ2n) is 17.8. The first-order valence-electron chi connectivity index (χ1n) is 19.0. The molecule has 5 N–H and O–H groups in total. The summed E-state index contributed by atoms with van der Waals surface area (Å²) in [6, 6.07) is 7.56. The molecular formula is C40H43N3O6. The summed E-state index contributed by atoms with van der Waals surface area (Å²) in [5.41, 5.74) is 4.93. The summed E-state index contributed by atoms with van der Waals surface area (Å²) in [5.74, 6) is 2.77. The maximum atomic E-state index is 13.5. The van der Waals surface area contributed by atoms with Gasteiger partial charge in [-0.1, -0.05) is 12.1 Å². The first-order valence-corrected chi connectivity index (χ1v) is 19.0. The second kappa shape index (κ2) is 8.28. The van der Waals surface area contributed by atoms with E-state index in [2.05, 4.69) is 26.9 Å². The van der Waals surface area contributed by atoms with E-state index in [1.54, 1.807) is 12.1 Å². The van der Waals surface area contributed by atoms with Crippen molar-refractivity contribution < 1.29 is 29.9 Å². The molecule has 2 aromatic carbocycles. The van der Waals surface area contributed by atoms with Crippen molar-refractivity contribution in [1.82, 2.24) is 14.8 Å². The molecule has 2 spiro atoms. The zero-order valence-electron chi connectivity index (χ0n) is 27.7. The topological polar surface area (TPSA) is 122 Å². The third-order valence-electron chi connectivity index (χ3n) is 15.7. The lowest BCUT2D eigenvalue weighted by Crippen LogP contribution is -2.75. The minimum atomic E-state index is -1.09. The van der Waals surface area contributed by atoms with E-state index in [-0.39, 0.29) is 23.6 Å². The maximum Gasteiger partial charge on any atom is 0.166 e. The van der Waals surface area contributed by atoms with E-state index in [9.17, 15) is 20.4 Å². The molecule has 4 bridgehead atoms. The van der Waals surface area contributed by atoms with Crippen LogP contribution in [0.1, 0.15) is 95.5 Å². The van der Waals surface area contributed by atoms with E-state index in [0.717, 1.165) is 85.5 Å². The van der Waals surface area contributed by atoms with Crippen LogP contribution in [0.3, 0.4) is 0 Å². The molecule has 13 rings (SSSR count). The van der Waals surface area contributed by atoms with E-state index < -0.39 is 34.2 Å². The zero-order chi connectivity index (χ0) is 32.4. The van der Waals surface area contributed by atoms with Crippen molar-refractivity contribution in [3.05, 3.63) is 69.0 Å². The summed E-state index contributed by atoms with van der Waals surface area (Å²) < 4.78 is 13.9. The van der Waals surface area contributed by atoms with Crippen LogP contribution in [0.4, 0.5) is 0 Å². The van der Waals surface area contributed by atoms with E-state index in [1.165, 1.54) is 36.8 Å². The van der Waals surface area contributed by atoms with Gasteiger partial charge in [-0.15, -0.1) is 0 Å². The number of ether oxygens (including phenoxy) is 2. The SMILES string of the molecule is Oc1ccc2c3c1OC1c4[nH]c5c(c4CC4(O)[C@@H](C2)N(CC2CC2)CC[C@]314)C[C@@]1(O)[C@H]2Cc3ccc(O)c4c3[C@@]1(CCN2CC1CC1)[C@H]5O4. The normalized spacial score (nSPS) is 41.3. The summed E-state index contributed by atoms with van der Waals surface area (Å²) in [6.07, 6.45) is 8.06. The number of rotatable bonds is 4. The van der Waals surface area contributed by atoms with Crippen LogP contribution in [0.2, 0.25) is 0 Å². The van der Waals surface area contributed by atoms with Crippen LogP contribution in [0, 0.1) is 11.8 Å². The molecule has 254 valence electrons. The van der Waals surface area contributed by atoms with Gasteiger partial charge in [-0.3, -0.25) is 9.80 Å². The minimum absolute atomic E-state index is 0.0535. The second-order valence-corrected chi connectivity index (χ2v) is 17.8. The van der Waals surface area contributed by atoms with E-state index in [4.69, 9.17) is 9.47 Å². The molecule has 4 aliphatic heterocycles. The Morgan fingerprint density at radius 2 is 1.12 bits per heavy atom. The largest absolute Gasteiger partial charge is 0.504 e. The smallest absolute Gasteiger partial charge is 0.166 e. The Balaban J connectivity index is 1.03. The van der Waals surface area contributed by atoms with Crippen LogP contribution in [0.15, 0.2) is 24.3 Å². The fourth-order valence-electron chi connectivity index (χ4n) is 13.4. The first-order chi connectivity index (χ1) is 23.7. The molecule has 2 unspecified atom stereocenters. The number of piperidine rings is 2. The number of nitrogens with one attached hydrogen (secondary N) is 1. The van der Waals surface area contributed by atoms with Gasteiger partial charge in [-0.05, 0) is 111 Å². The van der Waals surface area contributed by atoms with Gasteiger partial charge in [0.2, 0.25) is 0 Å². The van der Waals surface area contributed by atoms with Crippen molar-refractivity contribution in [3.63, 3.8) is 0 Å². The number of phenols is 2. The zero-order valence-corrected chi connectivity index (χ0v) is 27.7. The molecule has 2 saturated carbocycles. The highest BCUT2D eigenvalue weighted by Crippen LogP contribution is 2.72. The summed E-state index contributed by atoms with van der Waals surface area (Å²) in [4.78, 5) is 9.05. The molecule has 0 amide bonds. The van der Waals surface area contributed by atoms with Crippen molar-refractivity contribution in [2.24, 2.45) is 11.8 Å². The van der Waals surface area contributed by atoms with Crippen LogP contribution < -0.4 is 9.47 Å². The Kier molecular flexibility index (Phi) is 4.64. The summed E-state index contributed by atoms with van der Waals surface area (Å²) in [6.45, 7) is 3.84. The van der Waals surface area contributed by atoms with Crippen LogP contribution >= 0.6 is 0 Å². The van der Waals surface area contributed by atoms with Gasteiger partial charge in [0.05, 0.1) is 33.4 Å². The molecule has 2 saturated heterocycles. The molecule has 3 aromatic rings. The number of H-pyrrole nitrogens is 1. The first kappa shape index (κ1) is 27.5. The Hall–Kier alpha value is -3.24. The number of nitrogens with zero attached hydrogens (tertiary/aromatic N) is 2. The fourth-order valence-corrected chi connectivity index (χ4v) is 13.4. The number of aromatic hydroxyl groups is 2. The summed E-state index contributed by atoms with van der Waals surface area (Å²) in [5, 5.41) is 49.4. The number of aromatic amines is 1. The van der Waals surface area contributed by atoms with Gasteiger partial charge < -0.3 is 34.9 Å². The molecule has 6 aliphatic carbocycles. The number of benzene rings is 2. The van der Waals surface area contributed by atoms with Crippen LogP contribution in [-0.2, 0) is 36.5 Å². The predicted octanol–water partition coefficient (Wildman–Crippen LogP) is 3.82. The lowest BCUT2D eigenvalue weighted by Gasteiger charge is -2.63. The maximum absolute atomic E-state index is 13.5. The highest BCUT2D eigenvalue weighted by atomic mass is 16.5. The average Bonchev–Trinajstić information content (AvgIpc) is 3.98. The van der Waals surface area contributed by atoms with E-state index in [1.807, 2.05) is 0 Å². The summed E-state index contributed by atoms with van der Waals surface area (Å²) >= 11 is 0. The van der Waals surface area contributed by atoms with Crippen LogP contribution in [0.5, 0.6) is 23.0 Å². The van der Waals surface area contributed by atoms with Crippen molar-refractivity contribution in [3.8, 4) is 23.0 Å². The van der Waals surface area contributed by atoms with Crippen molar-refractivity contribution in [2.45, 2.75) is 111 Å². The van der Waals surface area contributed by atoms with Gasteiger partial charge >= 0.3 is 0 Å². The molecule has 8 atom stereocenters. The van der Waals surface area contributed by atoms with Crippen LogP contribution in [-0.4, -0.2) is 84.7 Å². The Morgan fingerprint density at radius 3 is 1.55 bits per heavy atom. The quantitative estimate of drug-likeness (QED) is 0.286. The van der Waals surface area contributed by atoms with E-state index in [0.29, 0.717) is 36.2 Å². The predicted molar refractivity (Wildman–Crippen MR) is 177 cm³/mol. The van der Waals surface area contributed by atoms with Gasteiger partial charge in [-0.2, -0.15) is 0 Å². The number of hydrogen-bond donors (Lipinski definition) is 5. The molecule has 9 heteroatoms. The molecule has 0 radical (unpaired) electrons. The fraction of sp³-hybridized carbons (Fsp3) is 0.600. The van der Waals surface area contributed by atoms with Gasteiger partial charge in [0.25, 0.3) is 0 Å². The van der Waals surface area contributed by atoms with Gasteiger partial charge in [-0.25, -0.2) is 0 Å². The summed E-state index contributed by atoms with van der Waals surface area (Å²) in [7, 11) is 0. The third kappa shape index (κ3) is 2.87. The number of hydrogen-bond acceptors (Lipinski definition) is 8. The number of aliphatic hydroxyl groups is 2. The highest BCUT2D eigenvalue weighted by molar-refractivity contribution is 5.68. The Labute approximate surface area is 284 Å². The average molecular weight is 662 g/mol.